The van der Waals surface area contributed by atoms with Crippen LogP contribution in [0, 0.1) is 6.92 Å². The van der Waals surface area contributed by atoms with Gasteiger partial charge in [-0.25, -0.2) is 9.59 Å². The molecule has 1 aromatic rings. The molecule has 2 amide bonds. The minimum atomic E-state index is -0.940. The van der Waals surface area contributed by atoms with Crippen molar-refractivity contribution in [2.75, 3.05) is 11.9 Å². The quantitative estimate of drug-likeness (QED) is 0.868. The van der Waals surface area contributed by atoms with E-state index in [1.54, 1.807) is 25.3 Å². The van der Waals surface area contributed by atoms with Crippen molar-refractivity contribution in [3.05, 3.63) is 24.0 Å². The van der Waals surface area contributed by atoms with E-state index in [2.05, 4.69) is 10.3 Å². The lowest BCUT2D eigenvalue weighted by Crippen LogP contribution is -2.46. The minimum absolute atomic E-state index is 0.365. The maximum Gasteiger partial charge on any atom is 0.326 e. The average molecular weight is 277 g/mol. The van der Waals surface area contributed by atoms with Gasteiger partial charge in [0.05, 0.1) is 11.4 Å². The number of nitrogens with one attached hydrogen (secondary N) is 1. The second-order valence-corrected chi connectivity index (χ2v) is 4.96. The fourth-order valence-electron chi connectivity index (χ4n) is 2.41. The van der Waals surface area contributed by atoms with Gasteiger partial charge in [0.15, 0.2) is 0 Å². The van der Waals surface area contributed by atoms with E-state index in [0.717, 1.165) is 19.3 Å². The van der Waals surface area contributed by atoms with Gasteiger partial charge in [-0.1, -0.05) is 12.8 Å². The van der Waals surface area contributed by atoms with Crippen LogP contribution in [0.4, 0.5) is 10.5 Å². The van der Waals surface area contributed by atoms with Gasteiger partial charge in [-0.2, -0.15) is 0 Å². The molecular formula is C14H19N3O3. The largest absolute Gasteiger partial charge is 0.480 e. The molecule has 1 saturated heterocycles. The van der Waals surface area contributed by atoms with E-state index in [0.29, 0.717) is 24.3 Å². The molecule has 1 atom stereocenters. The Morgan fingerprint density at radius 3 is 2.90 bits per heavy atom. The Morgan fingerprint density at radius 2 is 2.20 bits per heavy atom. The van der Waals surface area contributed by atoms with Crippen LogP contribution >= 0.6 is 0 Å². The van der Waals surface area contributed by atoms with Crippen LogP contribution in [-0.4, -0.2) is 39.6 Å². The highest BCUT2D eigenvalue weighted by atomic mass is 16.4. The van der Waals surface area contributed by atoms with Crippen LogP contribution in [0.15, 0.2) is 18.3 Å². The highest BCUT2D eigenvalue weighted by Gasteiger charge is 2.30. The third kappa shape index (κ3) is 3.26. The van der Waals surface area contributed by atoms with E-state index in [-0.39, 0.29) is 6.03 Å². The summed E-state index contributed by atoms with van der Waals surface area (Å²) in [6.45, 7) is 2.27. The molecule has 2 rings (SSSR count). The van der Waals surface area contributed by atoms with Crippen LogP contribution in [-0.2, 0) is 4.79 Å². The standard InChI is InChI=1S/C14H19N3O3/c1-10-11(6-5-8-15-10)16-14(20)17-9-4-2-3-7-12(17)13(18)19/h5-6,8,12H,2-4,7,9H2,1H3,(H,16,20)(H,18,19). The third-order valence-electron chi connectivity index (χ3n) is 3.55. The van der Waals surface area contributed by atoms with Crippen LogP contribution in [0.2, 0.25) is 0 Å². The zero-order valence-corrected chi connectivity index (χ0v) is 11.5. The number of carboxylic acid groups (broad SMARTS) is 1. The maximum absolute atomic E-state index is 12.3. The second kappa shape index (κ2) is 6.36. The average Bonchev–Trinajstić information content (AvgIpc) is 2.67. The van der Waals surface area contributed by atoms with Crippen LogP contribution < -0.4 is 5.32 Å². The number of urea groups is 1. The van der Waals surface area contributed by atoms with E-state index in [9.17, 15) is 14.7 Å². The van der Waals surface area contributed by atoms with Gasteiger partial charge in [0.2, 0.25) is 0 Å². The summed E-state index contributed by atoms with van der Waals surface area (Å²) in [5.41, 5.74) is 1.33. The molecule has 0 bridgehead atoms. The number of nitrogens with zero attached hydrogens (tertiary/aromatic N) is 2. The molecule has 1 aromatic heterocycles. The highest BCUT2D eigenvalue weighted by Crippen LogP contribution is 2.19. The first-order valence-corrected chi connectivity index (χ1v) is 6.81. The summed E-state index contributed by atoms with van der Waals surface area (Å²) < 4.78 is 0. The van der Waals surface area contributed by atoms with Gasteiger partial charge in [-0.05, 0) is 31.9 Å². The number of likely N-dealkylation sites (tertiary alicyclic amines) is 1. The van der Waals surface area contributed by atoms with Crippen LogP contribution in [0.3, 0.4) is 0 Å². The smallest absolute Gasteiger partial charge is 0.326 e. The van der Waals surface area contributed by atoms with Gasteiger partial charge in [-0.15, -0.1) is 0 Å². The lowest BCUT2D eigenvalue weighted by Gasteiger charge is -2.27. The zero-order valence-electron chi connectivity index (χ0n) is 11.5. The molecule has 0 radical (unpaired) electrons. The van der Waals surface area contributed by atoms with Crippen LogP contribution in [0.25, 0.3) is 0 Å². The molecule has 0 aromatic carbocycles. The summed E-state index contributed by atoms with van der Waals surface area (Å²) >= 11 is 0. The van der Waals surface area contributed by atoms with Crippen molar-refractivity contribution in [3.8, 4) is 0 Å². The number of carboxylic acids is 1. The molecule has 2 N–H and O–H groups in total. The number of hydrogen-bond acceptors (Lipinski definition) is 3. The summed E-state index contributed by atoms with van der Waals surface area (Å²) in [5.74, 6) is -0.940. The first-order chi connectivity index (χ1) is 9.59. The number of amides is 2. The number of pyridine rings is 1. The number of aliphatic carboxylic acids is 1. The predicted octanol–water partition coefficient (Wildman–Crippen LogP) is 2.25. The molecule has 0 aliphatic carbocycles. The Bertz CT molecular complexity index is 504. The molecule has 0 saturated carbocycles. The Balaban J connectivity index is 2.13. The predicted molar refractivity (Wildman–Crippen MR) is 74.6 cm³/mol. The minimum Gasteiger partial charge on any atom is -0.480 e. The number of carbonyl (C=O) groups excluding carboxylic acids is 1. The van der Waals surface area contributed by atoms with E-state index in [1.165, 1.54) is 4.90 Å². The molecule has 108 valence electrons. The van der Waals surface area contributed by atoms with Gasteiger partial charge < -0.3 is 15.3 Å². The lowest BCUT2D eigenvalue weighted by molar-refractivity contribution is -0.142. The molecule has 20 heavy (non-hydrogen) atoms. The molecule has 6 heteroatoms. The first-order valence-electron chi connectivity index (χ1n) is 6.81. The highest BCUT2D eigenvalue weighted by molar-refractivity contribution is 5.92. The fraction of sp³-hybridized carbons (Fsp3) is 0.500. The fourth-order valence-corrected chi connectivity index (χ4v) is 2.41. The van der Waals surface area contributed by atoms with Crippen molar-refractivity contribution in [1.82, 2.24) is 9.88 Å². The number of carbonyl (C=O) groups is 2. The number of hydrogen-bond donors (Lipinski definition) is 2. The van der Waals surface area contributed by atoms with Crippen LogP contribution in [0.5, 0.6) is 0 Å². The van der Waals surface area contributed by atoms with Gasteiger partial charge in [0, 0.05) is 12.7 Å². The molecule has 6 nitrogen and oxygen atoms in total. The number of aryl methyl sites for hydroxylation is 1. The summed E-state index contributed by atoms with van der Waals surface area (Å²) in [4.78, 5) is 29.1. The molecule has 1 aliphatic rings. The molecule has 0 spiro atoms. The topological polar surface area (TPSA) is 82.5 Å². The second-order valence-electron chi connectivity index (χ2n) is 4.96. The Morgan fingerprint density at radius 1 is 1.40 bits per heavy atom. The van der Waals surface area contributed by atoms with Gasteiger partial charge >= 0.3 is 12.0 Å². The number of anilines is 1. The molecule has 2 heterocycles. The zero-order chi connectivity index (χ0) is 14.5. The van der Waals surface area contributed by atoms with E-state index in [4.69, 9.17) is 0 Å². The van der Waals surface area contributed by atoms with E-state index < -0.39 is 12.0 Å². The summed E-state index contributed by atoms with van der Waals surface area (Å²) in [6, 6.07) is 2.39. The van der Waals surface area contributed by atoms with Crippen molar-refractivity contribution in [3.63, 3.8) is 0 Å². The van der Waals surface area contributed by atoms with Crippen molar-refractivity contribution in [2.24, 2.45) is 0 Å². The van der Waals surface area contributed by atoms with Crippen LogP contribution in [0.1, 0.15) is 31.4 Å². The number of aromatic nitrogens is 1. The molecular weight excluding hydrogens is 258 g/mol. The van der Waals surface area contributed by atoms with Crippen molar-refractivity contribution >= 4 is 17.7 Å². The molecule has 1 aliphatic heterocycles. The monoisotopic (exact) mass is 277 g/mol. The Hall–Kier alpha value is -2.11. The molecule has 1 unspecified atom stereocenters. The molecule has 1 fully saturated rings. The third-order valence-corrected chi connectivity index (χ3v) is 3.55. The summed E-state index contributed by atoms with van der Waals surface area (Å²) in [7, 11) is 0. The van der Waals surface area contributed by atoms with Crippen molar-refractivity contribution in [1.29, 1.82) is 0 Å². The SMILES string of the molecule is Cc1ncccc1NC(=O)N1CCCCCC1C(=O)O. The normalized spacial score (nSPS) is 19.2. The Kier molecular flexibility index (Phi) is 4.55. The number of rotatable bonds is 2. The maximum atomic E-state index is 12.3. The van der Waals surface area contributed by atoms with Crippen molar-refractivity contribution < 1.29 is 14.7 Å². The summed E-state index contributed by atoms with van der Waals surface area (Å²) in [5, 5.41) is 12.0. The van der Waals surface area contributed by atoms with Gasteiger partial charge in [0.1, 0.15) is 6.04 Å². The van der Waals surface area contributed by atoms with Crippen molar-refractivity contribution in [2.45, 2.75) is 38.6 Å². The van der Waals surface area contributed by atoms with Gasteiger partial charge in [0.25, 0.3) is 0 Å². The van der Waals surface area contributed by atoms with E-state index >= 15 is 0 Å². The van der Waals surface area contributed by atoms with Gasteiger partial charge in [-0.3, -0.25) is 4.98 Å². The van der Waals surface area contributed by atoms with E-state index in [1.807, 2.05) is 0 Å². The Labute approximate surface area is 117 Å². The first kappa shape index (κ1) is 14.3. The lowest BCUT2D eigenvalue weighted by atomic mass is 10.1. The summed E-state index contributed by atoms with van der Waals surface area (Å²) in [6.07, 6.45) is 4.79.